The van der Waals surface area contributed by atoms with Crippen LogP contribution in [-0.2, 0) is 0 Å². The van der Waals surface area contributed by atoms with E-state index in [4.69, 9.17) is 0 Å². The van der Waals surface area contributed by atoms with Crippen LogP contribution in [0, 0.1) is 5.92 Å². The molecule has 0 aromatic heterocycles. The quantitative estimate of drug-likeness (QED) is 0.562. The van der Waals surface area contributed by atoms with E-state index < -0.39 is 0 Å². The van der Waals surface area contributed by atoms with E-state index in [0.29, 0.717) is 6.04 Å². The summed E-state index contributed by atoms with van der Waals surface area (Å²) in [7, 11) is 1.91. The number of piperidine rings is 2. The number of rotatable bonds is 6. The van der Waals surface area contributed by atoms with E-state index in [0.717, 1.165) is 24.5 Å². The predicted octanol–water partition coefficient (Wildman–Crippen LogP) is 2.68. The fourth-order valence-corrected chi connectivity index (χ4v) is 5.05. The molecule has 3 fully saturated rings. The lowest BCUT2D eigenvalue weighted by Gasteiger charge is -2.36. The van der Waals surface area contributed by atoms with Gasteiger partial charge in [0, 0.05) is 38.8 Å². The normalized spacial score (nSPS) is 25.7. The zero-order valence-electron chi connectivity index (χ0n) is 17.2. The second-order valence-electron chi connectivity index (χ2n) is 8.56. The Morgan fingerprint density at radius 2 is 1.65 bits per heavy atom. The van der Waals surface area contributed by atoms with E-state index >= 15 is 0 Å². The fraction of sp³-hybridized carbons (Fsp3) is 0.952. The minimum atomic E-state index is 0.589. The molecule has 3 rings (SSSR count). The summed E-state index contributed by atoms with van der Waals surface area (Å²) in [5.74, 6) is 1.90. The molecule has 0 bridgehead atoms. The van der Waals surface area contributed by atoms with Crippen molar-refractivity contribution < 1.29 is 0 Å². The summed E-state index contributed by atoms with van der Waals surface area (Å²) in [4.78, 5) is 9.77. The lowest BCUT2D eigenvalue weighted by atomic mass is 9.93. The monoisotopic (exact) mass is 363 g/mol. The highest BCUT2D eigenvalue weighted by Crippen LogP contribution is 2.26. The molecule has 3 aliphatic rings. The van der Waals surface area contributed by atoms with E-state index in [1.807, 2.05) is 7.05 Å². The van der Waals surface area contributed by atoms with Gasteiger partial charge in [0.2, 0.25) is 0 Å². The Balaban J connectivity index is 1.30. The topological polar surface area (TPSA) is 42.9 Å². The maximum Gasteiger partial charge on any atom is 0.191 e. The summed E-state index contributed by atoms with van der Waals surface area (Å²) in [6.07, 6.45) is 12.3. The molecule has 1 aliphatic carbocycles. The molecule has 5 nitrogen and oxygen atoms in total. The Morgan fingerprint density at radius 3 is 2.27 bits per heavy atom. The summed E-state index contributed by atoms with van der Waals surface area (Å²) in [6.45, 7) is 9.63. The number of nitrogens with one attached hydrogen (secondary N) is 2. The van der Waals surface area contributed by atoms with Crippen molar-refractivity contribution in [1.29, 1.82) is 0 Å². The van der Waals surface area contributed by atoms with Crippen LogP contribution in [0.5, 0.6) is 0 Å². The summed E-state index contributed by atoms with van der Waals surface area (Å²) in [6, 6.07) is 1.47. The molecule has 0 unspecified atom stereocenters. The Morgan fingerprint density at radius 1 is 0.962 bits per heavy atom. The van der Waals surface area contributed by atoms with Gasteiger partial charge in [-0.2, -0.15) is 0 Å². The van der Waals surface area contributed by atoms with Gasteiger partial charge in [-0.3, -0.25) is 4.99 Å². The van der Waals surface area contributed by atoms with Crippen LogP contribution in [0.25, 0.3) is 0 Å². The first-order valence-electron chi connectivity index (χ1n) is 11.2. The maximum absolute atomic E-state index is 4.46. The second kappa shape index (κ2) is 10.5. The predicted molar refractivity (Wildman–Crippen MR) is 111 cm³/mol. The van der Waals surface area contributed by atoms with Crippen molar-refractivity contribution in [2.75, 3.05) is 46.3 Å². The van der Waals surface area contributed by atoms with Crippen LogP contribution in [0.1, 0.15) is 64.7 Å². The van der Waals surface area contributed by atoms with Gasteiger partial charge in [-0.15, -0.1) is 0 Å². The Labute approximate surface area is 161 Å². The number of hydrogen-bond acceptors (Lipinski definition) is 3. The minimum Gasteiger partial charge on any atom is -0.356 e. The molecule has 150 valence electrons. The highest BCUT2D eigenvalue weighted by atomic mass is 15.2. The molecular weight excluding hydrogens is 322 g/mol. The maximum atomic E-state index is 4.46. The van der Waals surface area contributed by atoms with Crippen molar-refractivity contribution >= 4 is 5.96 Å². The van der Waals surface area contributed by atoms with Crippen LogP contribution >= 0.6 is 0 Å². The second-order valence-corrected chi connectivity index (χ2v) is 8.56. The Hall–Kier alpha value is -0.810. The van der Waals surface area contributed by atoms with Gasteiger partial charge in [-0.05, 0) is 70.5 Å². The Bertz CT molecular complexity index is 416. The highest BCUT2D eigenvalue weighted by Gasteiger charge is 2.27. The average molecular weight is 364 g/mol. The molecule has 2 aliphatic heterocycles. The summed E-state index contributed by atoms with van der Waals surface area (Å²) < 4.78 is 0. The van der Waals surface area contributed by atoms with Crippen LogP contribution in [0.3, 0.4) is 0 Å². The molecule has 0 amide bonds. The third-order valence-electron chi connectivity index (χ3n) is 6.93. The van der Waals surface area contributed by atoms with Crippen LogP contribution in [0.15, 0.2) is 4.99 Å². The minimum absolute atomic E-state index is 0.589. The number of hydrogen-bond donors (Lipinski definition) is 2. The van der Waals surface area contributed by atoms with Gasteiger partial charge in [-0.1, -0.05) is 19.8 Å². The average Bonchev–Trinajstić information content (AvgIpc) is 3.23. The summed E-state index contributed by atoms with van der Waals surface area (Å²) in [5, 5.41) is 7.24. The van der Waals surface area contributed by atoms with Crippen LogP contribution < -0.4 is 10.6 Å². The molecule has 0 aromatic rings. The molecule has 26 heavy (non-hydrogen) atoms. The SMILES string of the molecule is CCN1CCC(CCNC(=NC)NC2CCN(C3CCCC3)CC2)CC1. The smallest absolute Gasteiger partial charge is 0.191 e. The standard InChI is InChI=1S/C21H41N5/c1-3-25-14-9-18(10-15-25)8-13-23-21(22-2)24-19-11-16-26(17-12-19)20-6-4-5-7-20/h18-20H,3-17H2,1-2H3,(H2,22,23,24). The van der Waals surface area contributed by atoms with Crippen LogP contribution in [-0.4, -0.2) is 74.2 Å². The van der Waals surface area contributed by atoms with Crippen molar-refractivity contribution in [2.45, 2.75) is 76.8 Å². The van der Waals surface area contributed by atoms with E-state index in [9.17, 15) is 0 Å². The zero-order chi connectivity index (χ0) is 18.2. The zero-order valence-corrected chi connectivity index (χ0v) is 17.2. The van der Waals surface area contributed by atoms with Crippen LogP contribution in [0.2, 0.25) is 0 Å². The first-order valence-corrected chi connectivity index (χ1v) is 11.2. The van der Waals surface area contributed by atoms with Crippen molar-refractivity contribution in [3.05, 3.63) is 0 Å². The third-order valence-corrected chi connectivity index (χ3v) is 6.93. The lowest BCUT2D eigenvalue weighted by Crippen LogP contribution is -2.50. The highest BCUT2D eigenvalue weighted by molar-refractivity contribution is 5.79. The van der Waals surface area contributed by atoms with Crippen molar-refractivity contribution in [3.8, 4) is 0 Å². The number of guanidine groups is 1. The molecule has 0 spiro atoms. The van der Waals surface area contributed by atoms with Gasteiger partial charge in [0.25, 0.3) is 0 Å². The summed E-state index contributed by atoms with van der Waals surface area (Å²) in [5.41, 5.74) is 0. The van der Waals surface area contributed by atoms with E-state index in [1.165, 1.54) is 90.5 Å². The largest absolute Gasteiger partial charge is 0.356 e. The summed E-state index contributed by atoms with van der Waals surface area (Å²) >= 11 is 0. The van der Waals surface area contributed by atoms with E-state index in [1.54, 1.807) is 0 Å². The van der Waals surface area contributed by atoms with Gasteiger partial charge >= 0.3 is 0 Å². The number of aliphatic imine (C=N–C) groups is 1. The third kappa shape index (κ3) is 5.85. The van der Waals surface area contributed by atoms with Gasteiger partial charge in [0.05, 0.1) is 0 Å². The molecule has 0 aromatic carbocycles. The first kappa shape index (κ1) is 19.9. The van der Waals surface area contributed by atoms with Gasteiger partial charge in [-0.25, -0.2) is 0 Å². The van der Waals surface area contributed by atoms with E-state index in [-0.39, 0.29) is 0 Å². The molecule has 5 heteroatoms. The molecule has 0 radical (unpaired) electrons. The lowest BCUT2D eigenvalue weighted by molar-refractivity contribution is 0.150. The molecule has 2 N–H and O–H groups in total. The van der Waals surface area contributed by atoms with Crippen molar-refractivity contribution in [1.82, 2.24) is 20.4 Å². The number of likely N-dealkylation sites (tertiary alicyclic amines) is 2. The molecule has 2 heterocycles. The van der Waals surface area contributed by atoms with Gasteiger partial charge in [0.1, 0.15) is 0 Å². The van der Waals surface area contributed by atoms with Gasteiger partial charge in [0.15, 0.2) is 5.96 Å². The van der Waals surface area contributed by atoms with Crippen molar-refractivity contribution in [3.63, 3.8) is 0 Å². The fourth-order valence-electron chi connectivity index (χ4n) is 5.05. The molecule has 0 atom stereocenters. The van der Waals surface area contributed by atoms with Crippen molar-refractivity contribution in [2.24, 2.45) is 10.9 Å². The number of nitrogens with zero attached hydrogens (tertiary/aromatic N) is 3. The van der Waals surface area contributed by atoms with E-state index in [2.05, 4.69) is 32.3 Å². The molecular formula is C21H41N5. The molecule has 2 saturated heterocycles. The van der Waals surface area contributed by atoms with Crippen LogP contribution in [0.4, 0.5) is 0 Å². The molecule has 1 saturated carbocycles. The Kier molecular flexibility index (Phi) is 8.06. The first-order chi connectivity index (χ1) is 12.8. The van der Waals surface area contributed by atoms with Gasteiger partial charge < -0.3 is 20.4 Å².